The molecule has 1 aromatic carbocycles. The van der Waals surface area contributed by atoms with E-state index >= 15 is 0 Å². The zero-order valence-corrected chi connectivity index (χ0v) is 13.0. The standard InChI is InChI=1S/C15H18N4O5/c1-10-3-2-4-12(5-10)24-9-11(20)6-16-14(21)8-19-7-13(15(22)23)17-18-19/h2-5,7,11,20H,6,8-9H2,1H3,(H,16,21)(H,22,23). The van der Waals surface area contributed by atoms with Crippen LogP contribution < -0.4 is 10.1 Å². The summed E-state index contributed by atoms with van der Waals surface area (Å²) in [4.78, 5) is 22.4. The van der Waals surface area contributed by atoms with Crippen LogP contribution in [0.1, 0.15) is 16.1 Å². The van der Waals surface area contributed by atoms with E-state index in [-0.39, 0.29) is 25.4 Å². The van der Waals surface area contributed by atoms with E-state index in [0.29, 0.717) is 5.75 Å². The molecule has 0 aliphatic rings. The average Bonchev–Trinajstić information content (AvgIpc) is 3.00. The summed E-state index contributed by atoms with van der Waals surface area (Å²) in [5.74, 6) is -0.999. The summed E-state index contributed by atoms with van der Waals surface area (Å²) in [5.41, 5.74) is 0.804. The Morgan fingerprint density at radius 3 is 2.88 bits per heavy atom. The van der Waals surface area contributed by atoms with Crippen molar-refractivity contribution >= 4 is 11.9 Å². The van der Waals surface area contributed by atoms with Crippen molar-refractivity contribution in [3.63, 3.8) is 0 Å². The molecular formula is C15H18N4O5. The number of carbonyl (C=O) groups is 2. The number of aliphatic hydroxyl groups excluding tert-OH is 1. The fourth-order valence-corrected chi connectivity index (χ4v) is 1.86. The number of benzene rings is 1. The zero-order valence-electron chi connectivity index (χ0n) is 13.0. The minimum atomic E-state index is -1.22. The van der Waals surface area contributed by atoms with Crippen molar-refractivity contribution in [2.75, 3.05) is 13.2 Å². The number of hydrogen-bond acceptors (Lipinski definition) is 6. The van der Waals surface area contributed by atoms with E-state index in [1.807, 2.05) is 25.1 Å². The third kappa shape index (κ3) is 5.36. The Kier molecular flexibility index (Phi) is 5.85. The van der Waals surface area contributed by atoms with Crippen LogP contribution in [0.15, 0.2) is 30.5 Å². The number of aromatic carboxylic acids is 1. The highest BCUT2D eigenvalue weighted by Crippen LogP contribution is 2.12. The normalized spacial score (nSPS) is 11.8. The molecule has 0 aliphatic heterocycles. The summed E-state index contributed by atoms with van der Waals surface area (Å²) in [6.07, 6.45) is 0.277. The Bertz CT molecular complexity index is 715. The van der Waals surface area contributed by atoms with E-state index in [1.54, 1.807) is 6.07 Å². The summed E-state index contributed by atoms with van der Waals surface area (Å²) in [5, 5.41) is 28.0. The van der Waals surface area contributed by atoms with Gasteiger partial charge in [0, 0.05) is 6.54 Å². The molecule has 1 atom stereocenters. The Morgan fingerprint density at radius 2 is 2.21 bits per heavy atom. The average molecular weight is 334 g/mol. The fraction of sp³-hybridized carbons (Fsp3) is 0.333. The number of amides is 1. The topological polar surface area (TPSA) is 127 Å². The number of carbonyl (C=O) groups excluding carboxylic acids is 1. The van der Waals surface area contributed by atoms with Gasteiger partial charge in [-0.2, -0.15) is 0 Å². The third-order valence-electron chi connectivity index (χ3n) is 3.03. The first-order valence-electron chi connectivity index (χ1n) is 7.21. The van der Waals surface area contributed by atoms with Gasteiger partial charge in [-0.15, -0.1) is 5.10 Å². The number of carboxylic acids is 1. The summed E-state index contributed by atoms with van der Waals surface area (Å²) in [7, 11) is 0. The Morgan fingerprint density at radius 1 is 1.42 bits per heavy atom. The molecule has 1 unspecified atom stereocenters. The number of nitrogens with zero attached hydrogens (tertiary/aromatic N) is 3. The first-order valence-corrected chi connectivity index (χ1v) is 7.21. The number of aliphatic hydroxyl groups is 1. The number of rotatable bonds is 8. The van der Waals surface area contributed by atoms with Crippen LogP contribution in [-0.2, 0) is 11.3 Å². The Balaban J connectivity index is 1.71. The van der Waals surface area contributed by atoms with Crippen molar-refractivity contribution in [1.29, 1.82) is 0 Å². The predicted molar refractivity (Wildman–Crippen MR) is 82.7 cm³/mol. The molecule has 2 rings (SSSR count). The third-order valence-corrected chi connectivity index (χ3v) is 3.03. The summed E-state index contributed by atoms with van der Waals surface area (Å²) in [6, 6.07) is 7.41. The van der Waals surface area contributed by atoms with E-state index in [2.05, 4.69) is 15.6 Å². The summed E-state index contributed by atoms with van der Waals surface area (Å²) >= 11 is 0. The maximum atomic E-state index is 11.7. The molecule has 3 N–H and O–H groups in total. The molecule has 0 aliphatic carbocycles. The lowest BCUT2D eigenvalue weighted by molar-refractivity contribution is -0.122. The van der Waals surface area contributed by atoms with Gasteiger partial charge in [0.05, 0.1) is 6.20 Å². The van der Waals surface area contributed by atoms with Crippen LogP contribution in [0.2, 0.25) is 0 Å². The number of nitrogens with one attached hydrogen (secondary N) is 1. The lowest BCUT2D eigenvalue weighted by atomic mass is 10.2. The van der Waals surface area contributed by atoms with Crippen LogP contribution in [0.3, 0.4) is 0 Å². The molecule has 1 amide bonds. The molecule has 0 fully saturated rings. The van der Waals surface area contributed by atoms with E-state index in [9.17, 15) is 14.7 Å². The zero-order chi connectivity index (χ0) is 17.5. The van der Waals surface area contributed by atoms with Crippen molar-refractivity contribution in [3.05, 3.63) is 41.7 Å². The van der Waals surface area contributed by atoms with E-state index in [0.717, 1.165) is 16.4 Å². The highest BCUT2D eigenvalue weighted by Gasteiger charge is 2.12. The molecule has 0 spiro atoms. The monoisotopic (exact) mass is 334 g/mol. The molecular weight excluding hydrogens is 316 g/mol. The maximum absolute atomic E-state index is 11.7. The number of carboxylic acid groups (broad SMARTS) is 1. The van der Waals surface area contributed by atoms with Crippen LogP contribution in [0.4, 0.5) is 0 Å². The Hall–Kier alpha value is -2.94. The number of aromatic nitrogens is 3. The fourth-order valence-electron chi connectivity index (χ4n) is 1.86. The molecule has 1 aromatic heterocycles. The summed E-state index contributed by atoms with van der Waals surface area (Å²) in [6.45, 7) is 1.79. The highest BCUT2D eigenvalue weighted by molar-refractivity contribution is 5.84. The second-order valence-corrected chi connectivity index (χ2v) is 5.19. The largest absolute Gasteiger partial charge is 0.491 e. The highest BCUT2D eigenvalue weighted by atomic mass is 16.5. The lowest BCUT2D eigenvalue weighted by Crippen LogP contribution is -2.37. The van der Waals surface area contributed by atoms with Gasteiger partial charge in [0.15, 0.2) is 5.69 Å². The van der Waals surface area contributed by atoms with E-state index < -0.39 is 18.0 Å². The SMILES string of the molecule is Cc1cccc(OCC(O)CNC(=O)Cn2cc(C(=O)O)nn2)c1. The van der Waals surface area contributed by atoms with Gasteiger partial charge in [0.1, 0.15) is 25.0 Å². The smallest absolute Gasteiger partial charge is 0.358 e. The first kappa shape index (κ1) is 17.4. The van der Waals surface area contributed by atoms with Crippen molar-refractivity contribution < 1.29 is 24.5 Å². The second kappa shape index (κ2) is 8.06. The van der Waals surface area contributed by atoms with E-state index in [4.69, 9.17) is 9.84 Å². The van der Waals surface area contributed by atoms with Gasteiger partial charge in [-0.3, -0.25) is 4.79 Å². The molecule has 128 valence electrons. The van der Waals surface area contributed by atoms with Gasteiger partial charge in [-0.05, 0) is 24.6 Å². The van der Waals surface area contributed by atoms with Gasteiger partial charge >= 0.3 is 5.97 Å². The number of ether oxygens (including phenoxy) is 1. The molecule has 2 aromatic rings. The molecule has 0 saturated carbocycles. The molecule has 0 saturated heterocycles. The van der Waals surface area contributed by atoms with E-state index in [1.165, 1.54) is 0 Å². The van der Waals surface area contributed by atoms with Gasteiger partial charge in [-0.25, -0.2) is 9.48 Å². The van der Waals surface area contributed by atoms with Crippen molar-refractivity contribution in [2.45, 2.75) is 19.6 Å². The Labute approximate surface area is 137 Å². The van der Waals surface area contributed by atoms with Crippen LogP contribution in [0.25, 0.3) is 0 Å². The van der Waals surface area contributed by atoms with Gasteiger partial charge in [-0.1, -0.05) is 17.3 Å². The second-order valence-electron chi connectivity index (χ2n) is 5.19. The van der Waals surface area contributed by atoms with Crippen LogP contribution in [0, 0.1) is 6.92 Å². The molecule has 1 heterocycles. The summed E-state index contributed by atoms with van der Waals surface area (Å²) < 4.78 is 6.54. The lowest BCUT2D eigenvalue weighted by Gasteiger charge is -2.13. The van der Waals surface area contributed by atoms with Crippen molar-refractivity contribution in [3.8, 4) is 5.75 Å². The molecule has 9 nitrogen and oxygen atoms in total. The van der Waals surface area contributed by atoms with Crippen LogP contribution in [-0.4, -0.2) is 56.3 Å². The molecule has 0 radical (unpaired) electrons. The quantitative estimate of drug-likeness (QED) is 0.612. The minimum absolute atomic E-state index is 0.00509. The predicted octanol–water partition coefficient (Wildman–Crippen LogP) is -0.159. The molecule has 24 heavy (non-hydrogen) atoms. The number of aryl methyl sites for hydroxylation is 1. The van der Waals surface area contributed by atoms with Gasteiger partial charge < -0.3 is 20.3 Å². The molecule has 9 heteroatoms. The van der Waals surface area contributed by atoms with Gasteiger partial charge in [0.2, 0.25) is 5.91 Å². The first-order chi connectivity index (χ1) is 11.4. The van der Waals surface area contributed by atoms with Crippen LogP contribution >= 0.6 is 0 Å². The number of hydrogen-bond donors (Lipinski definition) is 3. The van der Waals surface area contributed by atoms with Crippen LogP contribution in [0.5, 0.6) is 5.75 Å². The molecule has 0 bridgehead atoms. The van der Waals surface area contributed by atoms with Crippen molar-refractivity contribution in [2.24, 2.45) is 0 Å². The van der Waals surface area contributed by atoms with Crippen molar-refractivity contribution in [1.82, 2.24) is 20.3 Å². The minimum Gasteiger partial charge on any atom is -0.491 e. The maximum Gasteiger partial charge on any atom is 0.358 e. The van der Waals surface area contributed by atoms with Gasteiger partial charge in [0.25, 0.3) is 0 Å².